The van der Waals surface area contributed by atoms with Crippen LogP contribution in [0.25, 0.3) is 0 Å². The summed E-state index contributed by atoms with van der Waals surface area (Å²) in [5, 5.41) is 12.9. The molecule has 1 amide bonds. The second-order valence-corrected chi connectivity index (χ2v) is 7.90. The molecule has 2 heterocycles. The van der Waals surface area contributed by atoms with Gasteiger partial charge in [-0.3, -0.25) is 24.3 Å². The summed E-state index contributed by atoms with van der Waals surface area (Å²) in [5.41, 5.74) is 0.101. The highest BCUT2D eigenvalue weighted by molar-refractivity contribution is 7.09. The quantitative estimate of drug-likeness (QED) is 0.341. The van der Waals surface area contributed by atoms with Crippen molar-refractivity contribution in [2.24, 2.45) is 0 Å². The van der Waals surface area contributed by atoms with Gasteiger partial charge in [0.05, 0.1) is 18.2 Å². The zero-order chi connectivity index (χ0) is 23.1. The number of carbonyl (C=O) groups excluding carboxylic acids is 1. The van der Waals surface area contributed by atoms with Gasteiger partial charge in [0, 0.05) is 30.1 Å². The molecule has 2 aromatic heterocycles. The van der Waals surface area contributed by atoms with E-state index >= 15 is 0 Å². The van der Waals surface area contributed by atoms with Crippen LogP contribution in [0.5, 0.6) is 11.5 Å². The first-order chi connectivity index (χ1) is 15.4. The van der Waals surface area contributed by atoms with Crippen LogP contribution in [0.4, 0.5) is 5.69 Å². The molecule has 1 aromatic carbocycles. The second-order valence-electron chi connectivity index (χ2n) is 6.87. The van der Waals surface area contributed by atoms with Crippen LogP contribution >= 0.6 is 11.3 Å². The summed E-state index contributed by atoms with van der Waals surface area (Å²) < 4.78 is 12.3. The van der Waals surface area contributed by atoms with Gasteiger partial charge in [0.25, 0.3) is 11.2 Å². The van der Waals surface area contributed by atoms with Crippen molar-refractivity contribution in [1.82, 2.24) is 9.47 Å². The van der Waals surface area contributed by atoms with E-state index in [9.17, 15) is 19.7 Å². The Bertz CT molecular complexity index is 1140. The van der Waals surface area contributed by atoms with Crippen LogP contribution in [0.2, 0.25) is 0 Å². The van der Waals surface area contributed by atoms with Gasteiger partial charge in [-0.05, 0) is 36.1 Å². The van der Waals surface area contributed by atoms with Gasteiger partial charge in [-0.15, -0.1) is 11.3 Å². The second kappa shape index (κ2) is 10.6. The summed E-state index contributed by atoms with van der Waals surface area (Å²) in [6.45, 7) is 2.67. The smallest absolute Gasteiger partial charge is 0.285 e. The van der Waals surface area contributed by atoms with Crippen LogP contribution in [0.1, 0.15) is 17.4 Å². The first-order valence-electron chi connectivity index (χ1n) is 9.86. The molecule has 0 aliphatic rings. The fourth-order valence-electron chi connectivity index (χ4n) is 3.07. The molecule has 32 heavy (non-hydrogen) atoms. The number of nitrogens with zero attached hydrogens (tertiary/aromatic N) is 3. The summed E-state index contributed by atoms with van der Waals surface area (Å²) in [7, 11) is 1.55. The summed E-state index contributed by atoms with van der Waals surface area (Å²) >= 11 is 1.61. The van der Waals surface area contributed by atoms with Gasteiger partial charge in [-0.1, -0.05) is 12.1 Å². The van der Waals surface area contributed by atoms with E-state index in [0.29, 0.717) is 31.2 Å². The number of benzene rings is 1. The molecule has 9 nitrogen and oxygen atoms in total. The molecule has 0 unspecified atom stereocenters. The van der Waals surface area contributed by atoms with Gasteiger partial charge < -0.3 is 14.4 Å². The van der Waals surface area contributed by atoms with Crippen LogP contribution in [-0.4, -0.2) is 34.0 Å². The molecule has 0 aliphatic carbocycles. The number of hydrogen-bond acceptors (Lipinski definition) is 7. The molecule has 168 valence electrons. The van der Waals surface area contributed by atoms with E-state index in [1.807, 2.05) is 30.5 Å². The average Bonchev–Trinajstić information content (AvgIpc) is 3.31. The van der Waals surface area contributed by atoms with Crippen molar-refractivity contribution >= 4 is 22.9 Å². The molecule has 0 saturated carbocycles. The van der Waals surface area contributed by atoms with Crippen molar-refractivity contribution in [3.8, 4) is 11.5 Å². The van der Waals surface area contributed by atoms with Gasteiger partial charge in [-0.25, -0.2) is 0 Å². The lowest BCUT2D eigenvalue weighted by molar-refractivity contribution is -0.385. The maximum atomic E-state index is 12.8. The number of methoxy groups -OCH3 is 1. The lowest BCUT2D eigenvalue weighted by Crippen LogP contribution is -2.35. The highest BCUT2D eigenvalue weighted by atomic mass is 32.1. The van der Waals surface area contributed by atoms with Crippen molar-refractivity contribution in [3.63, 3.8) is 0 Å². The first kappa shape index (κ1) is 23.0. The normalized spacial score (nSPS) is 10.6. The topological polar surface area (TPSA) is 104 Å². The summed E-state index contributed by atoms with van der Waals surface area (Å²) in [4.78, 5) is 37.8. The number of nitro groups is 1. The molecule has 0 saturated heterocycles. The van der Waals surface area contributed by atoms with E-state index in [4.69, 9.17) is 9.47 Å². The molecular weight excluding hydrogens is 434 g/mol. The van der Waals surface area contributed by atoms with Crippen LogP contribution in [-0.2, 0) is 24.5 Å². The number of carbonyl (C=O) groups is 1. The third-order valence-electron chi connectivity index (χ3n) is 4.77. The van der Waals surface area contributed by atoms with E-state index < -0.39 is 10.5 Å². The Morgan fingerprint density at radius 3 is 2.69 bits per heavy atom. The van der Waals surface area contributed by atoms with Gasteiger partial charge in [0.1, 0.15) is 13.2 Å². The monoisotopic (exact) mass is 457 g/mol. The number of pyridine rings is 1. The molecule has 0 bridgehead atoms. The van der Waals surface area contributed by atoms with Crippen LogP contribution < -0.4 is 15.0 Å². The number of likely N-dealkylation sites (N-methyl/N-ethyl adjacent to an activating group) is 1. The fourth-order valence-corrected chi connectivity index (χ4v) is 3.68. The SMILES string of the molecule is CCN(Cc1ccc(OCc2cccs2)c(OC)c1)C(=O)Cn1cc([N+](=O)[O-])ccc1=O. The van der Waals surface area contributed by atoms with Crippen LogP contribution in [0.15, 0.2) is 58.8 Å². The van der Waals surface area contributed by atoms with Gasteiger partial charge in [-0.2, -0.15) is 0 Å². The largest absolute Gasteiger partial charge is 0.493 e. The molecule has 10 heteroatoms. The molecule has 0 aliphatic heterocycles. The standard InChI is InChI=1S/C22H23N3O6S/c1-3-23(22(27)14-24-13-17(25(28)29)7-9-21(24)26)12-16-6-8-19(20(11-16)30-2)31-15-18-5-4-10-32-18/h4-11,13H,3,12,14-15H2,1-2H3. The highest BCUT2D eigenvalue weighted by Crippen LogP contribution is 2.29. The predicted molar refractivity (Wildman–Crippen MR) is 120 cm³/mol. The lowest BCUT2D eigenvalue weighted by Gasteiger charge is -2.22. The fraction of sp³-hybridized carbons (Fsp3) is 0.273. The van der Waals surface area contributed by atoms with Crippen LogP contribution in [0.3, 0.4) is 0 Å². The maximum Gasteiger partial charge on any atom is 0.285 e. The molecule has 0 atom stereocenters. The summed E-state index contributed by atoms with van der Waals surface area (Å²) in [6, 6.07) is 11.6. The van der Waals surface area contributed by atoms with E-state index in [1.165, 1.54) is 0 Å². The Morgan fingerprint density at radius 2 is 2.03 bits per heavy atom. The van der Waals surface area contributed by atoms with Crippen LogP contribution in [0, 0.1) is 10.1 Å². The molecule has 0 radical (unpaired) electrons. The van der Waals surface area contributed by atoms with Gasteiger partial charge in [0.15, 0.2) is 11.5 Å². The molecular formula is C22H23N3O6S. The Hall–Kier alpha value is -3.66. The minimum absolute atomic E-state index is 0.247. The minimum Gasteiger partial charge on any atom is -0.493 e. The number of rotatable bonds is 10. The lowest BCUT2D eigenvalue weighted by atomic mass is 10.2. The third kappa shape index (κ3) is 5.73. The Labute approximate surface area is 188 Å². The zero-order valence-electron chi connectivity index (χ0n) is 17.7. The summed E-state index contributed by atoms with van der Waals surface area (Å²) in [6.07, 6.45) is 1.08. The highest BCUT2D eigenvalue weighted by Gasteiger charge is 2.17. The molecule has 0 fully saturated rings. The number of amides is 1. The van der Waals surface area contributed by atoms with E-state index in [0.717, 1.165) is 33.3 Å². The number of aromatic nitrogens is 1. The Morgan fingerprint density at radius 1 is 1.22 bits per heavy atom. The molecule has 3 aromatic rings. The van der Waals surface area contributed by atoms with E-state index in [1.54, 1.807) is 35.5 Å². The van der Waals surface area contributed by atoms with E-state index in [-0.39, 0.29) is 18.1 Å². The zero-order valence-corrected chi connectivity index (χ0v) is 18.5. The first-order valence-corrected chi connectivity index (χ1v) is 10.7. The minimum atomic E-state index is -0.605. The Kier molecular flexibility index (Phi) is 7.61. The predicted octanol–water partition coefficient (Wildman–Crippen LogP) is 3.45. The Balaban J connectivity index is 1.70. The van der Waals surface area contributed by atoms with Crippen molar-refractivity contribution in [1.29, 1.82) is 0 Å². The number of ether oxygens (including phenoxy) is 2. The molecule has 0 N–H and O–H groups in total. The van der Waals surface area contributed by atoms with Gasteiger partial charge in [0.2, 0.25) is 5.91 Å². The average molecular weight is 458 g/mol. The summed E-state index contributed by atoms with van der Waals surface area (Å²) in [5.74, 6) is 0.826. The molecule has 3 rings (SSSR count). The molecule has 0 spiro atoms. The maximum absolute atomic E-state index is 12.8. The van der Waals surface area contributed by atoms with Crippen molar-refractivity contribution in [2.45, 2.75) is 26.6 Å². The number of thiophene rings is 1. The van der Waals surface area contributed by atoms with Crippen molar-refractivity contribution in [2.75, 3.05) is 13.7 Å². The number of hydrogen-bond donors (Lipinski definition) is 0. The van der Waals surface area contributed by atoms with Crippen molar-refractivity contribution in [3.05, 3.63) is 85.0 Å². The van der Waals surface area contributed by atoms with Gasteiger partial charge >= 0.3 is 0 Å². The van der Waals surface area contributed by atoms with Crippen molar-refractivity contribution < 1.29 is 19.2 Å². The van der Waals surface area contributed by atoms with E-state index in [2.05, 4.69) is 0 Å². The third-order valence-corrected chi connectivity index (χ3v) is 5.62.